The Balaban J connectivity index is 1.54. The predicted octanol–water partition coefficient (Wildman–Crippen LogP) is 2.13. The van der Waals surface area contributed by atoms with Crippen molar-refractivity contribution in [2.45, 2.75) is 44.6 Å². The van der Waals surface area contributed by atoms with Crippen LogP contribution in [0.25, 0.3) is 0 Å². The molecule has 4 rings (SSSR count). The van der Waals surface area contributed by atoms with Gasteiger partial charge in [0.2, 0.25) is 0 Å². The van der Waals surface area contributed by atoms with Crippen molar-refractivity contribution in [3.8, 4) is 0 Å². The topological polar surface area (TPSA) is 42.1 Å². The summed E-state index contributed by atoms with van der Waals surface area (Å²) in [6.45, 7) is 2.37. The van der Waals surface area contributed by atoms with Crippen molar-refractivity contribution in [3.05, 3.63) is 23.4 Å². The molecule has 1 aromatic rings. The molecule has 0 spiro atoms. The highest BCUT2D eigenvalue weighted by Crippen LogP contribution is 2.37. The molecule has 1 aliphatic heterocycles. The molecule has 0 radical (unpaired) electrons. The average molecular weight is 257 g/mol. The van der Waals surface area contributed by atoms with Crippen LogP contribution in [0.4, 0.5) is 5.82 Å². The molecule has 3 aliphatic rings. The molecule has 3 nitrogen and oxygen atoms in total. The second-order valence-corrected chi connectivity index (χ2v) is 6.63. The highest BCUT2D eigenvalue weighted by molar-refractivity contribution is 5.44. The van der Waals surface area contributed by atoms with E-state index in [-0.39, 0.29) is 0 Å². The Morgan fingerprint density at radius 1 is 1.11 bits per heavy atom. The number of nitrogens with two attached hydrogens (primary N) is 1. The first-order valence-electron chi connectivity index (χ1n) is 7.79. The highest BCUT2D eigenvalue weighted by Gasteiger charge is 2.37. The first kappa shape index (κ1) is 11.7. The van der Waals surface area contributed by atoms with Crippen LogP contribution in [0, 0.1) is 11.8 Å². The van der Waals surface area contributed by atoms with Crippen LogP contribution in [0.3, 0.4) is 0 Å². The average Bonchev–Trinajstić information content (AvgIpc) is 3.02. The summed E-state index contributed by atoms with van der Waals surface area (Å²) < 4.78 is 0. The van der Waals surface area contributed by atoms with Gasteiger partial charge in [-0.3, -0.25) is 0 Å². The van der Waals surface area contributed by atoms with Gasteiger partial charge < -0.3 is 10.6 Å². The van der Waals surface area contributed by atoms with Gasteiger partial charge in [-0.2, -0.15) is 0 Å². The van der Waals surface area contributed by atoms with Crippen molar-refractivity contribution in [3.63, 3.8) is 0 Å². The van der Waals surface area contributed by atoms with Crippen LogP contribution in [0.2, 0.25) is 0 Å². The number of aromatic nitrogens is 1. The summed E-state index contributed by atoms with van der Waals surface area (Å²) in [5.41, 5.74) is 8.94. The van der Waals surface area contributed by atoms with Crippen molar-refractivity contribution in [2.24, 2.45) is 17.6 Å². The number of rotatable bonds is 1. The number of nitrogens with zero attached hydrogens (tertiary/aromatic N) is 2. The molecule has 1 aromatic heterocycles. The fraction of sp³-hybridized carbons (Fsp3) is 0.688. The van der Waals surface area contributed by atoms with Crippen molar-refractivity contribution in [1.29, 1.82) is 0 Å². The standard InChI is InChI=1S/C16H23N3/c17-14-6-4-12-9-19(10-13(12)8-14)16-7-5-11-2-1-3-15(11)18-16/h5,7,12-14H,1-4,6,8-10,17H2/t12-,13+,14?/m1/s1. The molecule has 0 bridgehead atoms. The zero-order chi connectivity index (χ0) is 12.8. The van der Waals surface area contributed by atoms with Crippen molar-refractivity contribution in [1.82, 2.24) is 4.98 Å². The highest BCUT2D eigenvalue weighted by atomic mass is 15.2. The van der Waals surface area contributed by atoms with Crippen LogP contribution in [-0.2, 0) is 12.8 Å². The molecule has 102 valence electrons. The lowest BCUT2D eigenvalue weighted by Crippen LogP contribution is -2.32. The molecule has 3 heteroatoms. The quantitative estimate of drug-likeness (QED) is 0.838. The zero-order valence-electron chi connectivity index (χ0n) is 11.5. The third-order valence-electron chi connectivity index (χ3n) is 5.33. The molecule has 1 saturated heterocycles. The molecule has 1 unspecified atom stereocenters. The van der Waals surface area contributed by atoms with E-state index in [1.54, 1.807) is 0 Å². The van der Waals surface area contributed by atoms with Crippen molar-refractivity contribution < 1.29 is 0 Å². The van der Waals surface area contributed by atoms with Crippen molar-refractivity contribution in [2.75, 3.05) is 18.0 Å². The van der Waals surface area contributed by atoms with Crippen LogP contribution < -0.4 is 10.6 Å². The minimum absolute atomic E-state index is 0.439. The second-order valence-electron chi connectivity index (χ2n) is 6.63. The van der Waals surface area contributed by atoms with Crippen LogP contribution >= 0.6 is 0 Å². The molecule has 0 amide bonds. The fourth-order valence-corrected chi connectivity index (χ4v) is 4.24. The summed E-state index contributed by atoms with van der Waals surface area (Å²) in [6.07, 6.45) is 7.43. The van der Waals surface area contributed by atoms with Gasteiger partial charge in [0.05, 0.1) is 0 Å². The van der Waals surface area contributed by atoms with Gasteiger partial charge in [0, 0.05) is 24.8 Å². The Kier molecular flexibility index (Phi) is 2.76. The fourth-order valence-electron chi connectivity index (χ4n) is 4.24. The lowest BCUT2D eigenvalue weighted by atomic mass is 9.79. The van der Waals surface area contributed by atoms with E-state index in [1.807, 2.05) is 0 Å². The van der Waals surface area contributed by atoms with Gasteiger partial charge in [-0.15, -0.1) is 0 Å². The number of hydrogen-bond acceptors (Lipinski definition) is 3. The summed E-state index contributed by atoms with van der Waals surface area (Å²) in [5.74, 6) is 2.87. The van der Waals surface area contributed by atoms with Crippen LogP contribution in [0.15, 0.2) is 12.1 Å². The van der Waals surface area contributed by atoms with E-state index < -0.39 is 0 Å². The monoisotopic (exact) mass is 257 g/mol. The minimum atomic E-state index is 0.439. The van der Waals surface area contributed by atoms with Gasteiger partial charge in [0.25, 0.3) is 0 Å². The van der Waals surface area contributed by atoms with Crippen LogP contribution in [0.1, 0.15) is 36.9 Å². The normalized spacial score (nSPS) is 33.3. The van der Waals surface area contributed by atoms with Gasteiger partial charge in [-0.1, -0.05) is 6.07 Å². The van der Waals surface area contributed by atoms with E-state index in [1.165, 1.54) is 68.7 Å². The number of hydrogen-bond donors (Lipinski definition) is 1. The Morgan fingerprint density at radius 3 is 2.95 bits per heavy atom. The number of fused-ring (bicyclic) bond motifs is 2. The van der Waals surface area contributed by atoms with Crippen molar-refractivity contribution >= 4 is 5.82 Å². The van der Waals surface area contributed by atoms with Crippen LogP contribution in [0.5, 0.6) is 0 Å². The predicted molar refractivity (Wildman–Crippen MR) is 77.3 cm³/mol. The third-order valence-corrected chi connectivity index (χ3v) is 5.33. The first-order valence-corrected chi connectivity index (χ1v) is 7.79. The van der Waals surface area contributed by atoms with E-state index in [0.29, 0.717) is 6.04 Å². The molecule has 2 aliphatic carbocycles. The molecule has 19 heavy (non-hydrogen) atoms. The summed E-state index contributed by atoms with van der Waals surface area (Å²) in [5, 5.41) is 0. The molecule has 2 heterocycles. The number of pyridine rings is 1. The van der Waals surface area contributed by atoms with Gasteiger partial charge in [0.1, 0.15) is 5.82 Å². The molecule has 3 atom stereocenters. The van der Waals surface area contributed by atoms with E-state index in [4.69, 9.17) is 10.7 Å². The Morgan fingerprint density at radius 2 is 2.00 bits per heavy atom. The SMILES string of the molecule is NC1CC[C@@H]2CN(c3ccc4c(n3)CCC4)C[C@@H]2C1. The van der Waals surface area contributed by atoms with E-state index in [2.05, 4.69) is 17.0 Å². The van der Waals surface area contributed by atoms with Gasteiger partial charge >= 0.3 is 0 Å². The lowest BCUT2D eigenvalue weighted by molar-refractivity contribution is 0.271. The maximum atomic E-state index is 6.11. The maximum absolute atomic E-state index is 6.11. The third kappa shape index (κ3) is 2.04. The summed E-state index contributed by atoms with van der Waals surface area (Å²) >= 11 is 0. The number of aryl methyl sites for hydroxylation is 2. The number of anilines is 1. The Labute approximate surface area is 115 Å². The Bertz CT molecular complexity index is 485. The minimum Gasteiger partial charge on any atom is -0.356 e. The van der Waals surface area contributed by atoms with E-state index >= 15 is 0 Å². The Hall–Kier alpha value is -1.09. The molecule has 0 aromatic carbocycles. The van der Waals surface area contributed by atoms with Gasteiger partial charge in [0.15, 0.2) is 0 Å². The zero-order valence-corrected chi connectivity index (χ0v) is 11.5. The van der Waals surface area contributed by atoms with E-state index in [0.717, 1.165) is 11.8 Å². The second kappa shape index (κ2) is 4.48. The summed E-state index contributed by atoms with van der Waals surface area (Å²) in [7, 11) is 0. The molecule has 1 saturated carbocycles. The summed E-state index contributed by atoms with van der Waals surface area (Å²) in [4.78, 5) is 7.41. The maximum Gasteiger partial charge on any atom is 0.128 e. The largest absolute Gasteiger partial charge is 0.356 e. The molecule has 2 N–H and O–H groups in total. The molecular formula is C16H23N3. The summed E-state index contributed by atoms with van der Waals surface area (Å²) in [6, 6.07) is 4.98. The molecular weight excluding hydrogens is 234 g/mol. The van der Waals surface area contributed by atoms with Crippen LogP contribution in [-0.4, -0.2) is 24.1 Å². The molecule has 2 fully saturated rings. The lowest BCUT2D eigenvalue weighted by Gasteiger charge is -2.27. The first-order chi connectivity index (χ1) is 9.29. The van der Waals surface area contributed by atoms with Gasteiger partial charge in [-0.25, -0.2) is 4.98 Å². The van der Waals surface area contributed by atoms with Gasteiger partial charge in [-0.05, 0) is 62.0 Å². The van der Waals surface area contributed by atoms with E-state index in [9.17, 15) is 0 Å². The smallest absolute Gasteiger partial charge is 0.128 e.